The lowest BCUT2D eigenvalue weighted by Crippen LogP contribution is -2.33. The number of ether oxygens (including phenoxy) is 1. The third-order valence-corrected chi connectivity index (χ3v) is 4.33. The zero-order valence-corrected chi connectivity index (χ0v) is 14.3. The molecule has 2 heterocycles. The van der Waals surface area contributed by atoms with Gasteiger partial charge in [-0.1, -0.05) is 11.2 Å². The van der Waals surface area contributed by atoms with Crippen LogP contribution in [-0.4, -0.2) is 36.2 Å². The van der Waals surface area contributed by atoms with Crippen molar-refractivity contribution in [1.29, 1.82) is 0 Å². The molecule has 128 valence electrons. The van der Waals surface area contributed by atoms with Crippen molar-refractivity contribution in [3.05, 3.63) is 41.3 Å². The van der Waals surface area contributed by atoms with Crippen LogP contribution in [-0.2, 0) is 4.79 Å². The number of methoxy groups -OCH3 is 1. The fourth-order valence-electron chi connectivity index (χ4n) is 3.19. The summed E-state index contributed by atoms with van der Waals surface area (Å²) in [6, 6.07) is 7.83. The van der Waals surface area contributed by atoms with Crippen LogP contribution in [0, 0.1) is 13.8 Å². The maximum atomic E-state index is 12.5. The minimum Gasteiger partial charge on any atom is -0.495 e. The van der Waals surface area contributed by atoms with Gasteiger partial charge in [0.2, 0.25) is 5.91 Å². The van der Waals surface area contributed by atoms with Gasteiger partial charge in [-0.25, -0.2) is 0 Å². The molecule has 1 aromatic heterocycles. The minimum atomic E-state index is -0.0500. The molecule has 1 saturated heterocycles. The molecule has 1 amide bonds. The number of hydrogen-bond acceptors (Lipinski definition) is 5. The number of anilines is 1. The highest BCUT2D eigenvalue weighted by molar-refractivity contribution is 5.93. The third kappa shape index (κ3) is 3.59. The van der Waals surface area contributed by atoms with Crippen LogP contribution in [0.15, 0.2) is 28.8 Å². The van der Waals surface area contributed by atoms with Crippen molar-refractivity contribution < 1.29 is 14.1 Å². The van der Waals surface area contributed by atoms with E-state index in [4.69, 9.17) is 9.26 Å². The zero-order valence-electron chi connectivity index (χ0n) is 14.3. The summed E-state index contributed by atoms with van der Waals surface area (Å²) in [4.78, 5) is 14.6. The van der Waals surface area contributed by atoms with E-state index in [9.17, 15) is 4.79 Å². The van der Waals surface area contributed by atoms with Gasteiger partial charge in [-0.2, -0.15) is 0 Å². The monoisotopic (exact) mass is 329 g/mol. The van der Waals surface area contributed by atoms with Crippen molar-refractivity contribution in [3.8, 4) is 5.75 Å². The first-order chi connectivity index (χ1) is 11.6. The molecular weight excluding hydrogens is 306 g/mol. The van der Waals surface area contributed by atoms with Gasteiger partial charge in [0.25, 0.3) is 0 Å². The summed E-state index contributed by atoms with van der Waals surface area (Å²) in [5.74, 6) is 1.41. The normalized spacial score (nSPS) is 17.9. The largest absolute Gasteiger partial charge is 0.495 e. The Labute approximate surface area is 141 Å². The fourth-order valence-corrected chi connectivity index (χ4v) is 3.19. The summed E-state index contributed by atoms with van der Waals surface area (Å²) >= 11 is 0. The zero-order chi connectivity index (χ0) is 17.1. The van der Waals surface area contributed by atoms with Crippen molar-refractivity contribution >= 4 is 11.6 Å². The van der Waals surface area contributed by atoms with Crippen molar-refractivity contribution in [2.75, 3.05) is 25.5 Å². The van der Waals surface area contributed by atoms with Gasteiger partial charge in [0.15, 0.2) is 0 Å². The van der Waals surface area contributed by atoms with E-state index in [2.05, 4.69) is 15.4 Å². The molecule has 0 aliphatic carbocycles. The molecule has 2 aromatic rings. The number of aryl methyl sites for hydroxylation is 2. The quantitative estimate of drug-likeness (QED) is 0.913. The van der Waals surface area contributed by atoms with Gasteiger partial charge in [-0.3, -0.25) is 9.69 Å². The van der Waals surface area contributed by atoms with E-state index in [1.165, 1.54) is 0 Å². The Balaban J connectivity index is 1.67. The Morgan fingerprint density at radius 1 is 1.42 bits per heavy atom. The van der Waals surface area contributed by atoms with E-state index in [1.54, 1.807) is 7.11 Å². The fraction of sp³-hybridized carbons (Fsp3) is 0.444. The summed E-state index contributed by atoms with van der Waals surface area (Å²) in [5.41, 5.74) is 2.68. The summed E-state index contributed by atoms with van der Waals surface area (Å²) < 4.78 is 10.5. The first kappa shape index (κ1) is 16.5. The van der Waals surface area contributed by atoms with Crippen LogP contribution in [0.1, 0.15) is 35.9 Å². The van der Waals surface area contributed by atoms with Crippen molar-refractivity contribution in [3.63, 3.8) is 0 Å². The number of nitrogens with zero attached hydrogens (tertiary/aromatic N) is 2. The average Bonchev–Trinajstić information content (AvgIpc) is 3.16. The molecule has 1 aliphatic rings. The number of carbonyl (C=O) groups excluding carboxylic acids is 1. The van der Waals surface area contributed by atoms with Gasteiger partial charge >= 0.3 is 0 Å². The van der Waals surface area contributed by atoms with Gasteiger partial charge in [-0.15, -0.1) is 0 Å². The molecule has 0 saturated carbocycles. The number of amides is 1. The van der Waals surface area contributed by atoms with E-state index in [1.807, 2.05) is 38.1 Å². The maximum Gasteiger partial charge on any atom is 0.238 e. The Bertz CT molecular complexity index is 726. The Hall–Kier alpha value is -2.34. The molecule has 6 heteroatoms. The van der Waals surface area contributed by atoms with Crippen molar-refractivity contribution in [2.45, 2.75) is 32.7 Å². The summed E-state index contributed by atoms with van der Waals surface area (Å²) in [6.45, 7) is 5.08. The van der Waals surface area contributed by atoms with E-state index in [0.29, 0.717) is 18.0 Å². The van der Waals surface area contributed by atoms with Crippen molar-refractivity contribution in [2.24, 2.45) is 0 Å². The lowest BCUT2D eigenvalue weighted by Gasteiger charge is -2.22. The van der Waals surface area contributed by atoms with E-state index in [-0.39, 0.29) is 11.9 Å². The molecule has 1 N–H and O–H groups in total. The summed E-state index contributed by atoms with van der Waals surface area (Å²) in [5, 5.41) is 7.07. The smallest absolute Gasteiger partial charge is 0.238 e. The number of hydrogen-bond donors (Lipinski definition) is 1. The van der Waals surface area contributed by atoms with Gasteiger partial charge in [0.05, 0.1) is 25.4 Å². The molecule has 0 unspecified atom stereocenters. The topological polar surface area (TPSA) is 67.6 Å². The van der Waals surface area contributed by atoms with Crippen LogP contribution in [0.25, 0.3) is 0 Å². The lowest BCUT2D eigenvalue weighted by molar-refractivity contribution is -0.117. The number of nitrogens with one attached hydrogen (secondary N) is 1. The van der Waals surface area contributed by atoms with Crippen LogP contribution in [0.3, 0.4) is 0 Å². The first-order valence-corrected chi connectivity index (χ1v) is 8.18. The second-order valence-corrected chi connectivity index (χ2v) is 6.24. The summed E-state index contributed by atoms with van der Waals surface area (Å²) in [7, 11) is 1.60. The van der Waals surface area contributed by atoms with Crippen LogP contribution in [0.2, 0.25) is 0 Å². The van der Waals surface area contributed by atoms with Crippen LogP contribution in [0.4, 0.5) is 5.69 Å². The Morgan fingerprint density at radius 3 is 2.96 bits per heavy atom. The second-order valence-electron chi connectivity index (χ2n) is 6.24. The predicted molar refractivity (Wildman–Crippen MR) is 91.1 cm³/mol. The van der Waals surface area contributed by atoms with E-state index in [0.717, 1.165) is 36.4 Å². The van der Waals surface area contributed by atoms with Gasteiger partial charge in [0, 0.05) is 6.07 Å². The highest BCUT2D eigenvalue weighted by Gasteiger charge is 2.29. The molecule has 24 heavy (non-hydrogen) atoms. The lowest BCUT2D eigenvalue weighted by atomic mass is 10.1. The van der Waals surface area contributed by atoms with Crippen LogP contribution < -0.4 is 10.1 Å². The number of rotatable bonds is 5. The van der Waals surface area contributed by atoms with E-state index >= 15 is 0 Å². The molecule has 0 spiro atoms. The molecule has 0 radical (unpaired) electrons. The SMILES string of the molecule is COc1ccc(C)cc1NC(=O)CN1CCC[C@@H]1c1cc(C)on1. The first-order valence-electron chi connectivity index (χ1n) is 8.18. The van der Waals surface area contributed by atoms with E-state index < -0.39 is 0 Å². The summed E-state index contributed by atoms with van der Waals surface area (Å²) in [6.07, 6.45) is 2.05. The number of benzene rings is 1. The third-order valence-electron chi connectivity index (χ3n) is 4.33. The number of likely N-dealkylation sites (tertiary alicyclic amines) is 1. The van der Waals surface area contributed by atoms with Gasteiger partial charge in [0.1, 0.15) is 17.2 Å². The number of aromatic nitrogens is 1. The van der Waals surface area contributed by atoms with Gasteiger partial charge < -0.3 is 14.6 Å². The minimum absolute atomic E-state index is 0.0500. The van der Waals surface area contributed by atoms with Crippen molar-refractivity contribution in [1.82, 2.24) is 10.1 Å². The Kier molecular flexibility index (Phi) is 4.85. The highest BCUT2D eigenvalue weighted by Crippen LogP contribution is 2.31. The molecule has 1 aliphatic heterocycles. The predicted octanol–water partition coefficient (Wildman–Crippen LogP) is 3.08. The van der Waals surface area contributed by atoms with Gasteiger partial charge in [-0.05, 0) is 50.9 Å². The highest BCUT2D eigenvalue weighted by atomic mass is 16.5. The molecule has 0 bridgehead atoms. The maximum absolute atomic E-state index is 12.5. The molecule has 6 nitrogen and oxygen atoms in total. The van der Waals surface area contributed by atoms with Crippen LogP contribution in [0.5, 0.6) is 5.75 Å². The molecule has 3 rings (SSSR count). The molecule has 1 atom stereocenters. The number of carbonyl (C=O) groups is 1. The average molecular weight is 329 g/mol. The molecule has 1 aromatic carbocycles. The molecule has 1 fully saturated rings. The second kappa shape index (κ2) is 7.05. The standard InChI is InChI=1S/C18H23N3O3/c1-12-6-7-17(23-3)15(9-12)19-18(22)11-21-8-4-5-16(21)14-10-13(2)24-20-14/h6-7,9-10,16H,4-5,8,11H2,1-3H3,(H,19,22)/t16-/m1/s1. The molecular formula is C18H23N3O3. The Morgan fingerprint density at radius 2 is 2.25 bits per heavy atom. The van der Waals surface area contributed by atoms with Crippen LogP contribution >= 0.6 is 0 Å².